The zero-order valence-corrected chi connectivity index (χ0v) is 17.4. The summed E-state index contributed by atoms with van der Waals surface area (Å²) in [5.41, 5.74) is 1.36. The number of carbonyl (C=O) groups excluding carboxylic acids is 2. The normalized spacial score (nSPS) is 11.3. The lowest BCUT2D eigenvalue weighted by Gasteiger charge is -2.15. The van der Waals surface area contributed by atoms with Crippen molar-refractivity contribution in [2.24, 2.45) is 0 Å². The number of rotatable bonds is 7. The molecule has 0 radical (unpaired) electrons. The predicted molar refractivity (Wildman–Crippen MR) is 115 cm³/mol. The number of methoxy groups -OCH3 is 2. The average molecular weight is 427 g/mol. The first kappa shape index (κ1) is 21.1. The number of hydrogen-bond donors (Lipinski definition) is 3. The second-order valence-corrected chi connectivity index (χ2v) is 7.13. The SMILES string of the molecule is COc1ccc(NC(=O)NC(C)C(=O)Nc2nnc(-c3ccccc3)s2)c(OC)c1. The van der Waals surface area contributed by atoms with Crippen molar-refractivity contribution in [2.45, 2.75) is 13.0 Å². The van der Waals surface area contributed by atoms with Gasteiger partial charge in [0.25, 0.3) is 0 Å². The van der Waals surface area contributed by atoms with E-state index >= 15 is 0 Å². The molecule has 30 heavy (non-hydrogen) atoms. The number of urea groups is 1. The Morgan fingerprint density at radius 3 is 2.47 bits per heavy atom. The minimum absolute atomic E-state index is 0.352. The Kier molecular flexibility index (Phi) is 6.81. The van der Waals surface area contributed by atoms with Crippen molar-refractivity contribution in [3.05, 3.63) is 48.5 Å². The van der Waals surface area contributed by atoms with Gasteiger partial charge in [-0.15, -0.1) is 10.2 Å². The molecule has 0 saturated carbocycles. The quantitative estimate of drug-likeness (QED) is 0.533. The number of hydrogen-bond acceptors (Lipinski definition) is 7. The van der Waals surface area contributed by atoms with Crippen LogP contribution in [0.4, 0.5) is 15.6 Å². The predicted octanol–water partition coefficient (Wildman–Crippen LogP) is 3.37. The third kappa shape index (κ3) is 5.23. The van der Waals surface area contributed by atoms with Crippen LogP contribution in [0.15, 0.2) is 48.5 Å². The van der Waals surface area contributed by atoms with Crippen LogP contribution in [0.5, 0.6) is 11.5 Å². The molecule has 3 rings (SSSR count). The summed E-state index contributed by atoms with van der Waals surface area (Å²) in [6.07, 6.45) is 0. The van der Waals surface area contributed by atoms with Crippen LogP contribution in [0.3, 0.4) is 0 Å². The summed E-state index contributed by atoms with van der Waals surface area (Å²) in [7, 11) is 3.02. The summed E-state index contributed by atoms with van der Waals surface area (Å²) in [4.78, 5) is 24.7. The van der Waals surface area contributed by atoms with Crippen LogP contribution in [-0.2, 0) is 4.79 Å². The molecule has 9 nitrogen and oxygen atoms in total. The Bertz CT molecular complexity index is 1030. The monoisotopic (exact) mass is 427 g/mol. The molecule has 3 N–H and O–H groups in total. The number of carbonyl (C=O) groups is 2. The smallest absolute Gasteiger partial charge is 0.319 e. The average Bonchev–Trinajstić information content (AvgIpc) is 3.23. The van der Waals surface area contributed by atoms with Crippen LogP contribution >= 0.6 is 11.3 Å². The minimum Gasteiger partial charge on any atom is -0.497 e. The van der Waals surface area contributed by atoms with Gasteiger partial charge in [-0.2, -0.15) is 0 Å². The molecule has 10 heteroatoms. The third-order valence-corrected chi connectivity index (χ3v) is 4.96. The maximum Gasteiger partial charge on any atom is 0.319 e. The van der Waals surface area contributed by atoms with E-state index in [9.17, 15) is 9.59 Å². The Morgan fingerprint density at radius 1 is 1.00 bits per heavy atom. The molecule has 3 amide bonds. The Balaban J connectivity index is 1.57. The van der Waals surface area contributed by atoms with E-state index in [4.69, 9.17) is 9.47 Å². The molecule has 0 bridgehead atoms. The summed E-state index contributed by atoms with van der Waals surface area (Å²) in [6, 6.07) is 13.2. The fourth-order valence-corrected chi connectivity index (χ4v) is 3.26. The Hall–Kier alpha value is -3.66. The Labute approximate surface area is 177 Å². The topological polar surface area (TPSA) is 114 Å². The van der Waals surface area contributed by atoms with Crippen molar-refractivity contribution in [3.63, 3.8) is 0 Å². The van der Waals surface area contributed by atoms with Gasteiger partial charge in [0, 0.05) is 11.6 Å². The molecule has 0 fully saturated rings. The van der Waals surface area contributed by atoms with E-state index in [1.807, 2.05) is 30.3 Å². The van der Waals surface area contributed by atoms with Crippen molar-refractivity contribution in [1.82, 2.24) is 15.5 Å². The number of nitrogens with zero attached hydrogens (tertiary/aromatic N) is 2. The lowest BCUT2D eigenvalue weighted by atomic mass is 10.2. The van der Waals surface area contributed by atoms with Crippen LogP contribution in [0.1, 0.15) is 6.92 Å². The van der Waals surface area contributed by atoms with Gasteiger partial charge in [0.15, 0.2) is 0 Å². The fourth-order valence-electron chi connectivity index (χ4n) is 2.51. The van der Waals surface area contributed by atoms with Crippen molar-refractivity contribution in [2.75, 3.05) is 24.9 Å². The molecule has 0 saturated heterocycles. The highest BCUT2D eigenvalue weighted by Crippen LogP contribution is 2.29. The van der Waals surface area contributed by atoms with Gasteiger partial charge in [0.05, 0.1) is 19.9 Å². The first-order chi connectivity index (χ1) is 14.5. The van der Waals surface area contributed by atoms with Crippen molar-refractivity contribution in [1.29, 1.82) is 0 Å². The lowest BCUT2D eigenvalue weighted by molar-refractivity contribution is -0.117. The van der Waals surface area contributed by atoms with Gasteiger partial charge in [0.2, 0.25) is 11.0 Å². The zero-order chi connectivity index (χ0) is 21.5. The zero-order valence-electron chi connectivity index (χ0n) is 16.6. The van der Waals surface area contributed by atoms with Crippen LogP contribution in [0.2, 0.25) is 0 Å². The summed E-state index contributed by atoms with van der Waals surface area (Å²) in [5, 5.41) is 17.0. The minimum atomic E-state index is -0.807. The van der Waals surface area contributed by atoms with Gasteiger partial charge in [-0.3, -0.25) is 10.1 Å². The summed E-state index contributed by atoms with van der Waals surface area (Å²) >= 11 is 1.25. The lowest BCUT2D eigenvalue weighted by Crippen LogP contribution is -2.43. The number of ether oxygens (including phenoxy) is 2. The van der Waals surface area contributed by atoms with Gasteiger partial charge < -0.3 is 20.1 Å². The summed E-state index contributed by atoms with van der Waals surface area (Å²) < 4.78 is 10.4. The molecule has 1 unspecified atom stereocenters. The number of aromatic nitrogens is 2. The first-order valence-electron chi connectivity index (χ1n) is 8.99. The highest BCUT2D eigenvalue weighted by atomic mass is 32.1. The molecule has 0 spiro atoms. The number of nitrogens with one attached hydrogen (secondary N) is 3. The molecule has 0 aliphatic rings. The van der Waals surface area contributed by atoms with E-state index in [0.717, 1.165) is 5.56 Å². The van der Waals surface area contributed by atoms with E-state index in [1.165, 1.54) is 25.6 Å². The largest absolute Gasteiger partial charge is 0.497 e. The summed E-state index contributed by atoms with van der Waals surface area (Å²) in [6.45, 7) is 1.57. The molecule has 0 aliphatic carbocycles. The standard InChI is InChI=1S/C20H21N5O4S/c1-12(21-19(27)22-15-10-9-14(28-2)11-16(15)29-3)17(26)23-20-25-24-18(30-20)13-7-5-4-6-8-13/h4-12H,1-3H3,(H2,21,22,27)(H,23,25,26). The van der Waals surface area contributed by atoms with Gasteiger partial charge >= 0.3 is 6.03 Å². The molecule has 156 valence electrons. The maximum atomic E-state index is 12.4. The molecular weight excluding hydrogens is 406 g/mol. The van der Waals surface area contributed by atoms with Crippen LogP contribution in [0.25, 0.3) is 10.6 Å². The molecule has 1 aromatic heterocycles. The van der Waals surface area contributed by atoms with Crippen molar-refractivity contribution < 1.29 is 19.1 Å². The van der Waals surface area contributed by atoms with Crippen molar-refractivity contribution >= 4 is 34.1 Å². The maximum absolute atomic E-state index is 12.4. The third-order valence-electron chi connectivity index (χ3n) is 4.07. The molecule has 2 aromatic carbocycles. The van der Waals surface area contributed by atoms with Gasteiger partial charge in [-0.25, -0.2) is 4.79 Å². The highest BCUT2D eigenvalue weighted by molar-refractivity contribution is 7.18. The van der Waals surface area contributed by atoms with Crippen LogP contribution in [-0.4, -0.2) is 42.4 Å². The number of benzene rings is 2. The van der Waals surface area contributed by atoms with E-state index in [-0.39, 0.29) is 0 Å². The van der Waals surface area contributed by atoms with Gasteiger partial charge in [-0.05, 0) is 19.1 Å². The molecule has 0 aliphatic heterocycles. The highest BCUT2D eigenvalue weighted by Gasteiger charge is 2.18. The van der Waals surface area contributed by atoms with Gasteiger partial charge in [-0.1, -0.05) is 41.7 Å². The van der Waals surface area contributed by atoms with Crippen LogP contribution in [0, 0.1) is 0 Å². The molecule has 1 heterocycles. The van der Waals surface area contributed by atoms with E-state index < -0.39 is 18.0 Å². The second-order valence-electron chi connectivity index (χ2n) is 6.15. The van der Waals surface area contributed by atoms with E-state index in [1.54, 1.807) is 25.1 Å². The Morgan fingerprint density at radius 2 is 1.77 bits per heavy atom. The fraction of sp³-hybridized carbons (Fsp3) is 0.200. The molecular formula is C20H21N5O4S. The number of amides is 3. The molecule has 3 aromatic rings. The van der Waals surface area contributed by atoms with E-state index in [2.05, 4.69) is 26.1 Å². The molecule has 1 atom stereocenters. The summed E-state index contributed by atoms with van der Waals surface area (Å²) in [5.74, 6) is 0.615. The van der Waals surface area contributed by atoms with Crippen molar-refractivity contribution in [3.8, 4) is 22.1 Å². The van der Waals surface area contributed by atoms with E-state index in [0.29, 0.717) is 27.3 Å². The van der Waals surface area contributed by atoms with Gasteiger partial charge in [0.1, 0.15) is 22.5 Å². The number of anilines is 2. The second kappa shape index (κ2) is 9.70. The first-order valence-corrected chi connectivity index (χ1v) is 9.81. The van der Waals surface area contributed by atoms with Crippen LogP contribution < -0.4 is 25.4 Å².